The minimum Gasteiger partial charge on any atom is -0.245 e. The molecule has 0 saturated carbocycles. The van der Waals surface area contributed by atoms with Crippen molar-refractivity contribution in [3.63, 3.8) is 0 Å². The summed E-state index contributed by atoms with van der Waals surface area (Å²) in [4.78, 5) is 9.87. The van der Waals surface area contributed by atoms with Crippen LogP contribution in [-0.2, 0) is 0 Å². The van der Waals surface area contributed by atoms with E-state index in [9.17, 15) is 21.0 Å². The molecule has 4 aromatic carbocycles. The predicted octanol–water partition coefficient (Wildman–Crippen LogP) is 10.1. The lowest BCUT2D eigenvalue weighted by molar-refractivity contribution is 1.26. The third kappa shape index (κ3) is 5.85. The molecule has 6 nitrogen and oxygen atoms in total. The van der Waals surface area contributed by atoms with Gasteiger partial charge in [-0.25, -0.2) is 9.97 Å². The number of benzene rings is 4. The molecule has 0 bridgehead atoms. The number of nitrogens with zero attached hydrogens (tertiary/aromatic N) is 6. The summed E-state index contributed by atoms with van der Waals surface area (Å²) in [6.07, 6.45) is 4.89. The number of pyridine rings is 2. The number of allylic oxidation sites excluding steroid dienone is 4. The van der Waals surface area contributed by atoms with E-state index in [0.717, 1.165) is 16.7 Å². The Labute approximate surface area is 290 Å². The van der Waals surface area contributed by atoms with Gasteiger partial charge in [0.15, 0.2) is 0 Å². The fourth-order valence-electron chi connectivity index (χ4n) is 5.98. The zero-order valence-corrected chi connectivity index (χ0v) is 26.8. The van der Waals surface area contributed by atoms with Crippen molar-refractivity contribution in [3.8, 4) is 80.4 Å². The maximum Gasteiger partial charge on any atom is 0.102 e. The first kappa shape index (κ1) is 32.3. The monoisotopic (exact) mass is 638 g/mol. The van der Waals surface area contributed by atoms with Crippen LogP contribution in [0, 0.1) is 45.3 Å². The summed E-state index contributed by atoms with van der Waals surface area (Å²) in [5, 5.41) is 41.8. The Morgan fingerprint density at radius 1 is 0.460 bits per heavy atom. The topological polar surface area (TPSA) is 121 Å². The van der Waals surface area contributed by atoms with Crippen LogP contribution in [0.1, 0.15) is 27.8 Å². The first-order valence-electron chi connectivity index (χ1n) is 15.6. The zero-order chi connectivity index (χ0) is 35.0. The summed E-state index contributed by atoms with van der Waals surface area (Å²) in [6, 6.07) is 44.6. The van der Waals surface area contributed by atoms with Crippen molar-refractivity contribution in [3.05, 3.63) is 174 Å². The minimum atomic E-state index is 0.217. The molecule has 6 heteroatoms. The Balaban J connectivity index is 1.62. The number of nitriles is 4. The van der Waals surface area contributed by atoms with Gasteiger partial charge in [-0.3, -0.25) is 0 Å². The van der Waals surface area contributed by atoms with Crippen LogP contribution in [0.4, 0.5) is 0 Å². The van der Waals surface area contributed by atoms with Gasteiger partial charge in [0.2, 0.25) is 0 Å². The number of hydrogen-bond acceptors (Lipinski definition) is 6. The lowest BCUT2D eigenvalue weighted by Crippen LogP contribution is -2.04. The summed E-state index contributed by atoms with van der Waals surface area (Å²) in [5.41, 5.74) is 7.68. The maximum atomic E-state index is 10.5. The van der Waals surface area contributed by atoms with Crippen molar-refractivity contribution < 1.29 is 0 Å². The van der Waals surface area contributed by atoms with Crippen LogP contribution in [0.5, 0.6) is 0 Å². The first-order valence-corrected chi connectivity index (χ1v) is 15.6. The van der Waals surface area contributed by atoms with Crippen LogP contribution >= 0.6 is 0 Å². The van der Waals surface area contributed by atoms with Gasteiger partial charge in [-0.15, -0.1) is 0 Å². The minimum absolute atomic E-state index is 0.217. The maximum absolute atomic E-state index is 10.5. The molecule has 0 amide bonds. The van der Waals surface area contributed by atoms with E-state index in [0.29, 0.717) is 56.2 Å². The van der Waals surface area contributed by atoms with E-state index in [4.69, 9.17) is 9.97 Å². The second-order valence-electron chi connectivity index (χ2n) is 11.1. The van der Waals surface area contributed by atoms with Gasteiger partial charge in [0.25, 0.3) is 0 Å². The average molecular weight is 639 g/mol. The van der Waals surface area contributed by atoms with E-state index in [2.05, 4.69) is 37.4 Å². The second-order valence-corrected chi connectivity index (χ2v) is 11.1. The Morgan fingerprint density at radius 3 is 1.14 bits per heavy atom. The first-order chi connectivity index (χ1) is 24.6. The van der Waals surface area contributed by atoms with Crippen molar-refractivity contribution in [2.45, 2.75) is 0 Å². The summed E-state index contributed by atoms with van der Waals surface area (Å²) in [6.45, 7) is 7.74. The van der Waals surface area contributed by atoms with Gasteiger partial charge >= 0.3 is 0 Å². The predicted molar refractivity (Wildman–Crippen MR) is 196 cm³/mol. The number of rotatable bonds is 8. The van der Waals surface area contributed by atoms with E-state index >= 15 is 0 Å². The van der Waals surface area contributed by atoms with Gasteiger partial charge in [-0.05, 0) is 11.1 Å². The standard InChI is InChI=1S/C44H26N6/c1-3-14-29(4-2)39-35(25-45)41(31-17-10-6-11-18-31)49-43(36(39)26-46)33-21-23-34(24-22-33)44-38(28-48)40(30-15-8-5-9-16-30)37(27-47)42(50-44)32-19-12-7-13-20-32/h3-24H,1-2H2/b29-14+. The molecule has 0 saturated heterocycles. The molecule has 6 aromatic rings. The third-order valence-electron chi connectivity index (χ3n) is 8.24. The fraction of sp³-hybridized carbons (Fsp3) is 0. The molecule has 0 radical (unpaired) electrons. The van der Waals surface area contributed by atoms with Gasteiger partial charge in [0.05, 0.1) is 45.0 Å². The molecular weight excluding hydrogens is 613 g/mol. The van der Waals surface area contributed by atoms with Crippen molar-refractivity contribution >= 4 is 5.57 Å². The normalized spacial score (nSPS) is 10.6. The molecule has 50 heavy (non-hydrogen) atoms. The molecular formula is C44H26N6. The molecule has 0 aliphatic rings. The van der Waals surface area contributed by atoms with Crippen LogP contribution in [0.3, 0.4) is 0 Å². The van der Waals surface area contributed by atoms with Crippen LogP contribution in [-0.4, -0.2) is 9.97 Å². The Bertz CT molecular complexity index is 2470. The average Bonchev–Trinajstić information content (AvgIpc) is 3.19. The van der Waals surface area contributed by atoms with E-state index in [1.54, 1.807) is 18.2 Å². The van der Waals surface area contributed by atoms with E-state index in [1.165, 1.54) is 0 Å². The molecule has 6 rings (SSSR count). The van der Waals surface area contributed by atoms with Gasteiger partial charge in [-0.1, -0.05) is 147 Å². The van der Waals surface area contributed by atoms with Crippen LogP contribution in [0.15, 0.2) is 147 Å². The second kappa shape index (κ2) is 14.4. The molecule has 0 fully saturated rings. The van der Waals surface area contributed by atoms with Gasteiger partial charge in [0, 0.05) is 33.4 Å². The number of hydrogen-bond donors (Lipinski definition) is 0. The molecule has 2 aromatic heterocycles. The smallest absolute Gasteiger partial charge is 0.102 e. The van der Waals surface area contributed by atoms with E-state index in [1.807, 2.05) is 115 Å². The van der Waals surface area contributed by atoms with Crippen molar-refractivity contribution in [2.24, 2.45) is 0 Å². The summed E-state index contributed by atoms with van der Waals surface area (Å²) < 4.78 is 0. The lowest BCUT2D eigenvalue weighted by atomic mass is 9.88. The fourth-order valence-corrected chi connectivity index (χ4v) is 5.98. The van der Waals surface area contributed by atoms with Crippen LogP contribution in [0.2, 0.25) is 0 Å². The van der Waals surface area contributed by atoms with E-state index in [-0.39, 0.29) is 16.7 Å². The van der Waals surface area contributed by atoms with Gasteiger partial charge in [-0.2, -0.15) is 21.0 Å². The highest BCUT2D eigenvalue weighted by Gasteiger charge is 2.25. The molecule has 0 atom stereocenters. The van der Waals surface area contributed by atoms with Crippen molar-refractivity contribution in [1.29, 1.82) is 21.0 Å². The molecule has 0 spiro atoms. The van der Waals surface area contributed by atoms with E-state index < -0.39 is 0 Å². The lowest BCUT2D eigenvalue weighted by Gasteiger charge is -2.17. The van der Waals surface area contributed by atoms with Crippen molar-refractivity contribution in [2.75, 3.05) is 0 Å². The molecule has 232 valence electrons. The highest BCUT2D eigenvalue weighted by molar-refractivity contribution is 5.92. The third-order valence-corrected chi connectivity index (χ3v) is 8.24. The quantitative estimate of drug-likeness (QED) is 0.153. The summed E-state index contributed by atoms with van der Waals surface area (Å²) >= 11 is 0. The Morgan fingerprint density at radius 2 is 0.800 bits per heavy atom. The Kier molecular flexibility index (Phi) is 9.32. The highest BCUT2D eigenvalue weighted by atomic mass is 14.7. The Hall–Kier alpha value is -7.64. The largest absolute Gasteiger partial charge is 0.245 e. The molecule has 0 N–H and O–H groups in total. The SMILES string of the molecule is C=C/C=C(\C=C)c1c(C#N)c(-c2ccccc2)nc(-c2ccc(-c3nc(-c4ccccc4)c(C#N)c(-c4ccccc4)c3C#N)cc2)c1C#N. The molecule has 2 heterocycles. The highest BCUT2D eigenvalue weighted by Crippen LogP contribution is 2.40. The molecule has 0 aliphatic carbocycles. The van der Waals surface area contributed by atoms with Gasteiger partial charge < -0.3 is 0 Å². The van der Waals surface area contributed by atoms with Gasteiger partial charge in [0.1, 0.15) is 24.3 Å². The molecule has 0 unspecified atom stereocenters. The van der Waals surface area contributed by atoms with Crippen LogP contribution in [0.25, 0.3) is 61.7 Å². The molecule has 0 aliphatic heterocycles. The van der Waals surface area contributed by atoms with Crippen LogP contribution < -0.4 is 0 Å². The zero-order valence-electron chi connectivity index (χ0n) is 26.8. The van der Waals surface area contributed by atoms with Crippen molar-refractivity contribution in [1.82, 2.24) is 9.97 Å². The number of aromatic nitrogens is 2. The summed E-state index contributed by atoms with van der Waals surface area (Å²) in [5.74, 6) is 0. The summed E-state index contributed by atoms with van der Waals surface area (Å²) in [7, 11) is 0.